The lowest BCUT2D eigenvalue weighted by atomic mass is 9.96. The molecule has 0 aromatic heterocycles. The van der Waals surface area contributed by atoms with Gasteiger partial charge in [-0.1, -0.05) is 13.8 Å². The van der Waals surface area contributed by atoms with Crippen molar-refractivity contribution in [2.45, 2.75) is 52.0 Å². The van der Waals surface area contributed by atoms with E-state index in [-0.39, 0.29) is 5.54 Å². The van der Waals surface area contributed by atoms with Crippen molar-refractivity contribution in [3.8, 4) is 0 Å². The number of aliphatic imine (C=N–C) groups is 1. The monoisotopic (exact) mass is 197 g/mol. The zero-order valence-electron chi connectivity index (χ0n) is 9.69. The number of hydrogen-bond acceptors (Lipinski definition) is 3. The molecule has 3 nitrogen and oxygen atoms in total. The second kappa shape index (κ2) is 5.23. The third kappa shape index (κ3) is 3.20. The van der Waals surface area contributed by atoms with Gasteiger partial charge in [0.05, 0.1) is 0 Å². The summed E-state index contributed by atoms with van der Waals surface area (Å²) in [6.45, 7) is 8.69. The van der Waals surface area contributed by atoms with Crippen LogP contribution in [0, 0.1) is 0 Å². The van der Waals surface area contributed by atoms with Crippen LogP contribution in [0.2, 0.25) is 0 Å². The van der Waals surface area contributed by atoms with E-state index in [4.69, 9.17) is 0 Å². The highest BCUT2D eigenvalue weighted by atomic mass is 15.2. The van der Waals surface area contributed by atoms with Crippen LogP contribution in [0.25, 0.3) is 0 Å². The van der Waals surface area contributed by atoms with E-state index in [9.17, 15) is 0 Å². The number of rotatable bonds is 3. The van der Waals surface area contributed by atoms with Gasteiger partial charge in [-0.2, -0.15) is 0 Å². The first-order valence-corrected chi connectivity index (χ1v) is 5.76. The van der Waals surface area contributed by atoms with Gasteiger partial charge < -0.3 is 10.6 Å². The lowest BCUT2D eigenvalue weighted by Gasteiger charge is -2.30. The number of guanidine groups is 1. The number of nitrogens with one attached hydrogen (secondary N) is 2. The van der Waals surface area contributed by atoms with Crippen LogP contribution in [0.1, 0.15) is 46.5 Å². The van der Waals surface area contributed by atoms with E-state index >= 15 is 0 Å². The standard InChI is InChI=1S/C11H23N3/c1-4-11(3,5-2)14-10-12-8-6-7-9-13-10/h4-9H2,1-3H3,(H2,12,13,14). The van der Waals surface area contributed by atoms with Crippen molar-refractivity contribution in [2.75, 3.05) is 13.1 Å². The van der Waals surface area contributed by atoms with Crippen LogP contribution >= 0.6 is 0 Å². The van der Waals surface area contributed by atoms with Crippen LogP contribution < -0.4 is 10.6 Å². The lowest BCUT2D eigenvalue weighted by Crippen LogP contribution is -2.50. The molecular formula is C11H23N3. The maximum absolute atomic E-state index is 4.50. The Balaban J connectivity index is 2.52. The Morgan fingerprint density at radius 2 is 2.07 bits per heavy atom. The molecule has 0 saturated carbocycles. The van der Waals surface area contributed by atoms with E-state index in [2.05, 4.69) is 36.4 Å². The van der Waals surface area contributed by atoms with Crippen LogP contribution in [0.3, 0.4) is 0 Å². The topological polar surface area (TPSA) is 36.4 Å². The predicted molar refractivity (Wildman–Crippen MR) is 61.7 cm³/mol. The summed E-state index contributed by atoms with van der Waals surface area (Å²) in [5.74, 6) is 0.994. The van der Waals surface area contributed by atoms with Crippen LogP contribution in [-0.2, 0) is 0 Å². The number of hydrogen-bond donors (Lipinski definition) is 2. The van der Waals surface area contributed by atoms with Gasteiger partial charge in [-0.25, -0.2) is 0 Å². The van der Waals surface area contributed by atoms with E-state index in [1.54, 1.807) is 0 Å². The van der Waals surface area contributed by atoms with Crippen molar-refractivity contribution >= 4 is 5.96 Å². The Kier molecular flexibility index (Phi) is 4.23. The highest BCUT2D eigenvalue weighted by Crippen LogP contribution is 2.13. The summed E-state index contributed by atoms with van der Waals surface area (Å²) in [5, 5.41) is 6.86. The molecule has 3 heteroatoms. The number of nitrogens with zero attached hydrogens (tertiary/aromatic N) is 1. The molecule has 0 aromatic carbocycles. The summed E-state index contributed by atoms with van der Waals surface area (Å²) in [4.78, 5) is 4.50. The molecule has 0 fully saturated rings. The summed E-state index contributed by atoms with van der Waals surface area (Å²) in [7, 11) is 0. The second-order valence-corrected chi connectivity index (χ2v) is 4.26. The van der Waals surface area contributed by atoms with Crippen LogP contribution in [0.5, 0.6) is 0 Å². The molecule has 1 rings (SSSR count). The van der Waals surface area contributed by atoms with E-state index in [0.29, 0.717) is 0 Å². The average Bonchev–Trinajstić information content (AvgIpc) is 2.46. The van der Waals surface area contributed by atoms with Crippen LogP contribution in [0.4, 0.5) is 0 Å². The van der Waals surface area contributed by atoms with Crippen molar-refractivity contribution in [1.29, 1.82) is 0 Å². The molecule has 0 unspecified atom stereocenters. The first kappa shape index (κ1) is 11.3. The van der Waals surface area contributed by atoms with Gasteiger partial charge in [0.1, 0.15) is 0 Å². The van der Waals surface area contributed by atoms with E-state index in [0.717, 1.165) is 31.9 Å². The first-order valence-electron chi connectivity index (χ1n) is 5.76. The fourth-order valence-electron chi connectivity index (χ4n) is 1.49. The van der Waals surface area contributed by atoms with E-state index in [1.807, 2.05) is 0 Å². The van der Waals surface area contributed by atoms with Crippen molar-refractivity contribution < 1.29 is 0 Å². The molecule has 0 radical (unpaired) electrons. The van der Waals surface area contributed by atoms with E-state index < -0.39 is 0 Å². The highest BCUT2D eigenvalue weighted by molar-refractivity contribution is 5.80. The Bertz CT molecular complexity index is 195. The van der Waals surface area contributed by atoms with Gasteiger partial charge in [-0.3, -0.25) is 4.99 Å². The molecule has 0 amide bonds. The SMILES string of the molecule is CCC(C)(CC)NC1=NCCCCN1. The molecule has 0 aliphatic carbocycles. The summed E-state index contributed by atoms with van der Waals surface area (Å²) in [6, 6.07) is 0. The van der Waals surface area contributed by atoms with Gasteiger partial charge in [-0.05, 0) is 32.6 Å². The second-order valence-electron chi connectivity index (χ2n) is 4.26. The summed E-state index contributed by atoms with van der Waals surface area (Å²) >= 11 is 0. The molecule has 1 aliphatic heterocycles. The van der Waals surface area contributed by atoms with Crippen LogP contribution in [-0.4, -0.2) is 24.6 Å². The Hall–Kier alpha value is -0.730. The van der Waals surface area contributed by atoms with Crippen molar-refractivity contribution in [1.82, 2.24) is 10.6 Å². The molecule has 0 aromatic rings. The molecule has 14 heavy (non-hydrogen) atoms. The Morgan fingerprint density at radius 3 is 2.71 bits per heavy atom. The van der Waals surface area contributed by atoms with Gasteiger partial charge in [0.15, 0.2) is 5.96 Å². The van der Waals surface area contributed by atoms with Gasteiger partial charge in [0.2, 0.25) is 0 Å². The van der Waals surface area contributed by atoms with Gasteiger partial charge in [-0.15, -0.1) is 0 Å². The smallest absolute Gasteiger partial charge is 0.191 e. The zero-order chi connectivity index (χ0) is 10.4. The van der Waals surface area contributed by atoms with E-state index in [1.165, 1.54) is 12.8 Å². The normalized spacial score (nSPS) is 18.1. The largest absolute Gasteiger partial charge is 0.356 e. The molecule has 0 saturated heterocycles. The van der Waals surface area contributed by atoms with Crippen molar-refractivity contribution in [3.05, 3.63) is 0 Å². The molecule has 1 heterocycles. The summed E-state index contributed by atoms with van der Waals surface area (Å²) < 4.78 is 0. The van der Waals surface area contributed by atoms with Gasteiger partial charge >= 0.3 is 0 Å². The Labute approximate surface area is 87.4 Å². The predicted octanol–water partition coefficient (Wildman–Crippen LogP) is 1.89. The molecular weight excluding hydrogens is 174 g/mol. The third-order valence-corrected chi connectivity index (χ3v) is 3.13. The maximum Gasteiger partial charge on any atom is 0.191 e. The third-order valence-electron chi connectivity index (χ3n) is 3.13. The highest BCUT2D eigenvalue weighted by Gasteiger charge is 2.20. The fourth-order valence-corrected chi connectivity index (χ4v) is 1.49. The minimum atomic E-state index is 0.191. The molecule has 0 bridgehead atoms. The Morgan fingerprint density at radius 1 is 1.36 bits per heavy atom. The van der Waals surface area contributed by atoms with Gasteiger partial charge in [0, 0.05) is 18.6 Å². The zero-order valence-corrected chi connectivity index (χ0v) is 9.69. The average molecular weight is 197 g/mol. The molecule has 0 spiro atoms. The maximum atomic E-state index is 4.50. The fraction of sp³-hybridized carbons (Fsp3) is 0.909. The molecule has 0 atom stereocenters. The molecule has 2 N–H and O–H groups in total. The molecule has 1 aliphatic rings. The minimum absolute atomic E-state index is 0.191. The lowest BCUT2D eigenvalue weighted by molar-refractivity contribution is 0.384. The van der Waals surface area contributed by atoms with Crippen molar-refractivity contribution in [2.24, 2.45) is 4.99 Å². The minimum Gasteiger partial charge on any atom is -0.356 e. The van der Waals surface area contributed by atoms with Crippen LogP contribution in [0.15, 0.2) is 4.99 Å². The summed E-state index contributed by atoms with van der Waals surface area (Å²) in [5.41, 5.74) is 0.191. The first-order chi connectivity index (χ1) is 6.70. The quantitative estimate of drug-likeness (QED) is 0.725. The molecule has 82 valence electrons. The van der Waals surface area contributed by atoms with Gasteiger partial charge in [0.25, 0.3) is 0 Å². The van der Waals surface area contributed by atoms with Crippen molar-refractivity contribution in [3.63, 3.8) is 0 Å². The summed E-state index contributed by atoms with van der Waals surface area (Å²) in [6.07, 6.45) is 4.69.